The molecule has 1 heterocycles. The smallest absolute Gasteiger partial charge is 0.323 e. The normalized spacial score (nSPS) is 22.4. The Morgan fingerprint density at radius 3 is 2.42 bits per heavy atom. The number of anilines is 2. The highest BCUT2D eigenvalue weighted by molar-refractivity contribution is 6.01. The van der Waals surface area contributed by atoms with Gasteiger partial charge in [-0.2, -0.15) is 0 Å². The van der Waals surface area contributed by atoms with Gasteiger partial charge in [-0.1, -0.05) is 13.0 Å². The van der Waals surface area contributed by atoms with E-state index in [1.54, 1.807) is 43.3 Å². The Labute approximate surface area is 222 Å². The van der Waals surface area contributed by atoms with E-state index in [9.17, 15) is 18.8 Å². The van der Waals surface area contributed by atoms with Crippen molar-refractivity contribution in [3.63, 3.8) is 0 Å². The summed E-state index contributed by atoms with van der Waals surface area (Å²) in [5, 5.41) is 5.27. The van der Waals surface area contributed by atoms with Crippen LogP contribution in [0, 0.1) is 17.7 Å². The second-order valence-electron chi connectivity index (χ2n) is 10.2. The third-order valence-electron chi connectivity index (χ3n) is 7.00. The molecule has 204 valence electrons. The molecule has 2 N–H and O–H groups in total. The van der Waals surface area contributed by atoms with Gasteiger partial charge in [-0.05, 0) is 50.1 Å². The number of urea groups is 1. The zero-order chi connectivity index (χ0) is 27.4. The monoisotopic (exact) mass is 526 g/mol. The number of nitrogens with one attached hydrogen (secondary N) is 2. The second kappa shape index (κ2) is 11.8. The lowest BCUT2D eigenvalue weighted by Crippen LogP contribution is -2.49. The van der Waals surface area contributed by atoms with Crippen LogP contribution in [0.1, 0.15) is 37.0 Å². The fourth-order valence-electron chi connectivity index (χ4n) is 4.58. The summed E-state index contributed by atoms with van der Waals surface area (Å²) < 4.78 is 25.3. The SMILES string of the molecule is CO[C@H]1CN(C)C(=O)c2ccc(NC(=O)Nc3cccc(F)c3)cc2OC[C@@H](C)N(C(=O)C2CC2)C[C@@H]1C. The molecule has 0 bridgehead atoms. The van der Waals surface area contributed by atoms with Crippen LogP contribution < -0.4 is 15.4 Å². The first-order chi connectivity index (χ1) is 18.2. The third-order valence-corrected chi connectivity index (χ3v) is 7.00. The van der Waals surface area contributed by atoms with Crippen molar-refractivity contribution in [2.45, 2.75) is 38.8 Å². The topological polar surface area (TPSA) is 100 Å². The van der Waals surface area contributed by atoms with Gasteiger partial charge < -0.3 is 29.9 Å². The molecule has 38 heavy (non-hydrogen) atoms. The number of rotatable bonds is 4. The summed E-state index contributed by atoms with van der Waals surface area (Å²) in [6.45, 7) is 4.97. The minimum atomic E-state index is -0.571. The molecule has 0 aromatic heterocycles. The van der Waals surface area contributed by atoms with Gasteiger partial charge in [-0.3, -0.25) is 9.59 Å². The number of hydrogen-bond donors (Lipinski definition) is 2. The summed E-state index contributed by atoms with van der Waals surface area (Å²) in [5.74, 6) is -0.242. The van der Waals surface area contributed by atoms with Crippen LogP contribution in [0.2, 0.25) is 0 Å². The zero-order valence-corrected chi connectivity index (χ0v) is 22.2. The van der Waals surface area contributed by atoms with Crippen molar-refractivity contribution in [2.75, 3.05) is 44.5 Å². The highest BCUT2D eigenvalue weighted by Gasteiger charge is 2.37. The Hall–Kier alpha value is -3.66. The van der Waals surface area contributed by atoms with E-state index >= 15 is 0 Å². The number of methoxy groups -OCH3 is 1. The first-order valence-corrected chi connectivity index (χ1v) is 12.9. The van der Waals surface area contributed by atoms with E-state index < -0.39 is 11.8 Å². The fraction of sp³-hybridized carbons (Fsp3) is 0.464. The van der Waals surface area contributed by atoms with E-state index in [0.29, 0.717) is 35.8 Å². The molecule has 1 aliphatic heterocycles. The lowest BCUT2D eigenvalue weighted by Gasteiger charge is -2.36. The molecule has 3 atom stereocenters. The van der Waals surface area contributed by atoms with Crippen LogP contribution in [-0.2, 0) is 9.53 Å². The van der Waals surface area contributed by atoms with Gasteiger partial charge in [0.25, 0.3) is 5.91 Å². The average molecular weight is 527 g/mol. The maximum absolute atomic E-state index is 13.5. The predicted octanol–water partition coefficient (Wildman–Crippen LogP) is 4.21. The van der Waals surface area contributed by atoms with Gasteiger partial charge >= 0.3 is 6.03 Å². The van der Waals surface area contributed by atoms with Crippen LogP contribution in [0.3, 0.4) is 0 Å². The molecule has 0 spiro atoms. The predicted molar refractivity (Wildman–Crippen MR) is 142 cm³/mol. The second-order valence-corrected chi connectivity index (χ2v) is 10.2. The van der Waals surface area contributed by atoms with E-state index in [-0.39, 0.29) is 42.4 Å². The molecule has 4 rings (SSSR count). The first-order valence-electron chi connectivity index (χ1n) is 12.9. The summed E-state index contributed by atoms with van der Waals surface area (Å²) in [4.78, 5) is 42.4. The minimum absolute atomic E-state index is 0.00229. The molecule has 1 saturated carbocycles. The van der Waals surface area contributed by atoms with Crippen LogP contribution in [0.4, 0.5) is 20.6 Å². The largest absolute Gasteiger partial charge is 0.491 e. The van der Waals surface area contributed by atoms with Crippen molar-refractivity contribution >= 4 is 29.2 Å². The molecule has 2 aromatic carbocycles. The molecular weight excluding hydrogens is 491 g/mol. The molecule has 10 heteroatoms. The van der Waals surface area contributed by atoms with Gasteiger partial charge in [0.2, 0.25) is 5.91 Å². The number of carbonyl (C=O) groups is 3. The highest BCUT2D eigenvalue weighted by atomic mass is 19.1. The number of amides is 4. The van der Waals surface area contributed by atoms with Crippen molar-refractivity contribution in [1.29, 1.82) is 0 Å². The molecular formula is C28H35FN4O5. The van der Waals surface area contributed by atoms with Gasteiger partial charge in [-0.15, -0.1) is 0 Å². The van der Waals surface area contributed by atoms with Crippen molar-refractivity contribution in [2.24, 2.45) is 11.8 Å². The molecule has 2 aliphatic rings. The number of likely N-dealkylation sites (N-methyl/N-ethyl adjacent to an activating group) is 1. The van der Waals surface area contributed by atoms with Crippen molar-refractivity contribution in [1.82, 2.24) is 9.80 Å². The van der Waals surface area contributed by atoms with Crippen molar-refractivity contribution in [3.05, 3.63) is 53.8 Å². The Bertz CT molecular complexity index is 1190. The number of hydrogen-bond acceptors (Lipinski definition) is 5. The number of ether oxygens (including phenoxy) is 2. The van der Waals surface area contributed by atoms with Gasteiger partial charge in [0.15, 0.2) is 0 Å². The Morgan fingerprint density at radius 1 is 1.05 bits per heavy atom. The van der Waals surface area contributed by atoms with Crippen LogP contribution >= 0.6 is 0 Å². The number of carbonyl (C=O) groups excluding carboxylic acids is 3. The molecule has 2 aromatic rings. The maximum atomic E-state index is 13.5. The number of fused-ring (bicyclic) bond motifs is 1. The number of nitrogens with zero attached hydrogens (tertiary/aromatic N) is 2. The van der Waals surface area contributed by atoms with Gasteiger partial charge in [0.1, 0.15) is 18.2 Å². The van der Waals surface area contributed by atoms with Gasteiger partial charge in [0, 0.05) is 56.5 Å². The first kappa shape index (κ1) is 27.4. The van der Waals surface area contributed by atoms with Crippen molar-refractivity contribution in [3.8, 4) is 5.75 Å². The summed E-state index contributed by atoms with van der Waals surface area (Å²) in [6.07, 6.45) is 1.54. The Balaban J connectivity index is 1.58. The third kappa shape index (κ3) is 6.61. The molecule has 0 unspecified atom stereocenters. The molecule has 0 radical (unpaired) electrons. The number of halogens is 1. The lowest BCUT2D eigenvalue weighted by atomic mass is 10.0. The minimum Gasteiger partial charge on any atom is -0.491 e. The summed E-state index contributed by atoms with van der Waals surface area (Å²) in [7, 11) is 3.32. The summed E-state index contributed by atoms with van der Waals surface area (Å²) in [6, 6.07) is 9.53. The lowest BCUT2D eigenvalue weighted by molar-refractivity contribution is -0.136. The van der Waals surface area contributed by atoms with Crippen LogP contribution in [0.15, 0.2) is 42.5 Å². The summed E-state index contributed by atoms with van der Waals surface area (Å²) in [5.41, 5.74) is 1.03. The van der Waals surface area contributed by atoms with E-state index in [0.717, 1.165) is 12.8 Å². The number of benzene rings is 2. The van der Waals surface area contributed by atoms with Gasteiger partial charge in [-0.25, -0.2) is 9.18 Å². The quantitative estimate of drug-likeness (QED) is 0.622. The molecule has 1 fully saturated rings. The molecule has 9 nitrogen and oxygen atoms in total. The zero-order valence-electron chi connectivity index (χ0n) is 22.2. The van der Waals surface area contributed by atoms with Crippen LogP contribution in [-0.4, -0.2) is 73.6 Å². The fourth-order valence-corrected chi connectivity index (χ4v) is 4.58. The van der Waals surface area contributed by atoms with Crippen LogP contribution in [0.5, 0.6) is 5.75 Å². The Morgan fingerprint density at radius 2 is 1.76 bits per heavy atom. The Kier molecular flexibility index (Phi) is 8.51. The van der Waals surface area contributed by atoms with Gasteiger partial charge in [0.05, 0.1) is 17.7 Å². The molecule has 4 amide bonds. The van der Waals surface area contributed by atoms with E-state index in [1.807, 2.05) is 18.7 Å². The maximum Gasteiger partial charge on any atom is 0.323 e. The average Bonchev–Trinajstić information content (AvgIpc) is 3.73. The van der Waals surface area contributed by atoms with E-state index in [2.05, 4.69) is 10.6 Å². The van der Waals surface area contributed by atoms with E-state index in [4.69, 9.17) is 9.47 Å². The summed E-state index contributed by atoms with van der Waals surface area (Å²) >= 11 is 0. The van der Waals surface area contributed by atoms with E-state index in [1.165, 1.54) is 18.2 Å². The highest BCUT2D eigenvalue weighted by Crippen LogP contribution is 2.33. The standard InChI is InChI=1S/C28H35FN4O5/c1-17-14-33(26(34)19-8-9-19)18(2)16-38-24-13-22(31-28(36)30-21-7-5-6-20(29)12-21)10-11-23(24)27(35)32(3)15-25(17)37-4/h5-7,10-13,17-19,25H,8-9,14-16H2,1-4H3,(H2,30,31,36)/t17-,18+,25-/m0/s1. The van der Waals surface area contributed by atoms with Crippen LogP contribution in [0.25, 0.3) is 0 Å². The molecule has 0 saturated heterocycles. The molecule has 1 aliphatic carbocycles. The van der Waals surface area contributed by atoms with Crippen molar-refractivity contribution < 1.29 is 28.2 Å².